The van der Waals surface area contributed by atoms with Gasteiger partial charge in [0.05, 0.1) is 29.2 Å². The Morgan fingerprint density at radius 1 is 1.13 bits per heavy atom. The lowest BCUT2D eigenvalue weighted by Crippen LogP contribution is -2.44. The first-order chi connectivity index (χ1) is 14.4. The van der Waals surface area contributed by atoms with Crippen molar-refractivity contribution in [3.63, 3.8) is 0 Å². The summed E-state index contributed by atoms with van der Waals surface area (Å²) in [5.74, 6) is -0.350. The number of nitrogens with zero attached hydrogens (tertiary/aromatic N) is 5. The fourth-order valence-corrected chi connectivity index (χ4v) is 3.46. The Labute approximate surface area is 169 Å². The summed E-state index contributed by atoms with van der Waals surface area (Å²) in [4.78, 5) is 14.2. The van der Waals surface area contributed by atoms with E-state index < -0.39 is 17.6 Å². The van der Waals surface area contributed by atoms with Crippen LogP contribution in [0.5, 0.6) is 0 Å². The van der Waals surface area contributed by atoms with Gasteiger partial charge in [-0.15, -0.1) is 0 Å². The summed E-state index contributed by atoms with van der Waals surface area (Å²) in [7, 11) is 0. The second kappa shape index (κ2) is 7.75. The molecule has 0 saturated carbocycles. The van der Waals surface area contributed by atoms with Crippen LogP contribution in [0.15, 0.2) is 42.7 Å². The maximum Gasteiger partial charge on any atom is 0.416 e. The van der Waals surface area contributed by atoms with E-state index in [2.05, 4.69) is 20.6 Å². The molecule has 0 atom stereocenters. The van der Waals surface area contributed by atoms with E-state index in [1.807, 2.05) is 4.90 Å². The average molecular weight is 417 g/mol. The highest BCUT2D eigenvalue weighted by Crippen LogP contribution is 2.39. The molecule has 0 radical (unpaired) electrons. The number of anilines is 1. The van der Waals surface area contributed by atoms with Gasteiger partial charge in [-0.05, 0) is 23.8 Å². The van der Waals surface area contributed by atoms with E-state index in [9.17, 15) is 18.0 Å². The number of alkyl halides is 3. The summed E-state index contributed by atoms with van der Waals surface area (Å²) < 4.78 is 41.4. The predicted molar refractivity (Wildman–Crippen MR) is 103 cm³/mol. The summed E-state index contributed by atoms with van der Waals surface area (Å²) in [6.07, 6.45) is -1.60. The van der Waals surface area contributed by atoms with Crippen LogP contribution in [0, 0.1) is 0 Å². The zero-order valence-corrected chi connectivity index (χ0v) is 15.7. The van der Waals surface area contributed by atoms with Crippen molar-refractivity contribution in [3.05, 3.63) is 54.0 Å². The number of amides is 1. The van der Waals surface area contributed by atoms with Gasteiger partial charge < -0.3 is 16.0 Å². The van der Waals surface area contributed by atoms with Crippen LogP contribution < -0.4 is 16.0 Å². The highest BCUT2D eigenvalue weighted by molar-refractivity contribution is 6.01. The molecule has 0 unspecified atom stereocenters. The second-order valence-corrected chi connectivity index (χ2v) is 6.74. The summed E-state index contributed by atoms with van der Waals surface area (Å²) >= 11 is 0. The topological polar surface area (TPSA) is 102 Å². The first-order valence-electron chi connectivity index (χ1n) is 9.19. The number of nitrogens with two attached hydrogens (primary N) is 1. The Bertz CT molecular complexity index is 1060. The van der Waals surface area contributed by atoms with Crippen molar-refractivity contribution in [3.8, 4) is 16.8 Å². The van der Waals surface area contributed by atoms with Gasteiger partial charge in [0, 0.05) is 26.2 Å². The zero-order valence-electron chi connectivity index (χ0n) is 15.7. The number of benzene rings is 1. The van der Waals surface area contributed by atoms with Crippen molar-refractivity contribution < 1.29 is 18.0 Å². The lowest BCUT2D eigenvalue weighted by molar-refractivity contribution is -0.137. The number of hydrogen-bond acceptors (Lipinski definition) is 6. The molecule has 4 rings (SSSR count). The molecule has 1 saturated heterocycles. The molecule has 156 valence electrons. The van der Waals surface area contributed by atoms with Gasteiger partial charge in [0.1, 0.15) is 5.82 Å². The number of carbonyl (C=O) groups excluding carboxylic acids is 1. The van der Waals surface area contributed by atoms with Crippen LogP contribution in [-0.2, 0) is 6.18 Å². The number of rotatable bonds is 4. The predicted octanol–water partition coefficient (Wildman–Crippen LogP) is 1.86. The molecule has 0 aliphatic carbocycles. The smallest absolute Gasteiger partial charge is 0.364 e. The van der Waals surface area contributed by atoms with Crippen LogP contribution in [0.1, 0.15) is 16.1 Å². The van der Waals surface area contributed by atoms with Crippen LogP contribution in [0.25, 0.3) is 16.8 Å². The minimum absolute atomic E-state index is 0.111. The van der Waals surface area contributed by atoms with Crippen molar-refractivity contribution >= 4 is 11.7 Å². The van der Waals surface area contributed by atoms with E-state index in [1.54, 1.807) is 6.07 Å². The van der Waals surface area contributed by atoms with Gasteiger partial charge >= 0.3 is 6.18 Å². The van der Waals surface area contributed by atoms with E-state index in [0.29, 0.717) is 37.7 Å². The van der Waals surface area contributed by atoms with Crippen LogP contribution >= 0.6 is 0 Å². The molecule has 11 heteroatoms. The van der Waals surface area contributed by atoms with Gasteiger partial charge in [0.25, 0.3) is 5.91 Å². The molecule has 2 aromatic heterocycles. The van der Waals surface area contributed by atoms with E-state index in [4.69, 9.17) is 5.73 Å². The Kier molecular flexibility index (Phi) is 5.12. The lowest BCUT2D eigenvalue weighted by Gasteiger charge is -2.30. The Morgan fingerprint density at radius 2 is 1.90 bits per heavy atom. The highest BCUT2D eigenvalue weighted by atomic mass is 19.4. The Hall–Kier alpha value is -3.47. The minimum atomic E-state index is -4.52. The number of carbonyl (C=O) groups is 1. The monoisotopic (exact) mass is 417 g/mol. The van der Waals surface area contributed by atoms with Crippen molar-refractivity contribution in [1.82, 2.24) is 25.3 Å². The van der Waals surface area contributed by atoms with E-state index in [0.717, 1.165) is 12.1 Å². The molecule has 30 heavy (non-hydrogen) atoms. The molecule has 1 aromatic carbocycles. The van der Waals surface area contributed by atoms with Crippen molar-refractivity contribution in [2.45, 2.75) is 6.18 Å². The molecule has 1 amide bonds. The second-order valence-electron chi connectivity index (χ2n) is 6.74. The lowest BCUT2D eigenvalue weighted by atomic mass is 10.0. The standard InChI is InChI=1S/C19H18F3N7O/c20-19(21,22)13-3-1-2-12(10-13)15-16(17(23)30)27-29(14-4-5-25-26-11-14)18(15)28-8-6-24-7-9-28/h1-5,10-11,24H,6-9H2,(H2,23,30). The SMILES string of the molecule is NC(=O)c1nn(-c2ccnnc2)c(N2CCNCC2)c1-c1cccc(C(F)(F)F)c1. The molecule has 3 N–H and O–H groups in total. The molecule has 1 aliphatic heterocycles. The third-order valence-electron chi connectivity index (χ3n) is 4.80. The highest BCUT2D eigenvalue weighted by Gasteiger charge is 2.33. The summed E-state index contributed by atoms with van der Waals surface area (Å²) in [5.41, 5.74) is 5.62. The number of piperazine rings is 1. The zero-order chi connectivity index (χ0) is 21.3. The number of hydrogen-bond donors (Lipinski definition) is 2. The average Bonchev–Trinajstić information content (AvgIpc) is 3.15. The van der Waals surface area contributed by atoms with Crippen LogP contribution in [0.3, 0.4) is 0 Å². The van der Waals surface area contributed by atoms with Crippen molar-refractivity contribution in [1.29, 1.82) is 0 Å². The number of aromatic nitrogens is 4. The summed E-state index contributed by atoms with van der Waals surface area (Å²) in [6, 6.07) is 6.45. The molecule has 0 spiro atoms. The first-order valence-corrected chi connectivity index (χ1v) is 9.19. The third kappa shape index (κ3) is 3.71. The van der Waals surface area contributed by atoms with Gasteiger partial charge in [-0.25, -0.2) is 4.68 Å². The number of primary amides is 1. The minimum Gasteiger partial charge on any atom is -0.364 e. The van der Waals surface area contributed by atoms with Crippen LogP contribution in [0.2, 0.25) is 0 Å². The Morgan fingerprint density at radius 3 is 2.53 bits per heavy atom. The molecule has 3 heterocycles. The molecule has 3 aromatic rings. The Balaban J connectivity index is 1.99. The third-order valence-corrected chi connectivity index (χ3v) is 4.80. The molecule has 1 fully saturated rings. The maximum atomic E-state index is 13.3. The largest absolute Gasteiger partial charge is 0.416 e. The maximum absolute atomic E-state index is 13.3. The van der Waals surface area contributed by atoms with Gasteiger partial charge in [-0.3, -0.25) is 4.79 Å². The van der Waals surface area contributed by atoms with E-state index in [1.165, 1.54) is 29.2 Å². The van der Waals surface area contributed by atoms with E-state index >= 15 is 0 Å². The normalized spacial score (nSPS) is 14.7. The van der Waals surface area contributed by atoms with Gasteiger partial charge in [-0.1, -0.05) is 12.1 Å². The van der Waals surface area contributed by atoms with Gasteiger partial charge in [-0.2, -0.15) is 28.5 Å². The van der Waals surface area contributed by atoms with Crippen molar-refractivity contribution in [2.24, 2.45) is 5.73 Å². The number of nitrogens with one attached hydrogen (secondary N) is 1. The molecular formula is C19H18F3N7O. The summed E-state index contributed by atoms with van der Waals surface area (Å²) in [6.45, 7) is 2.50. The number of halogens is 3. The van der Waals surface area contributed by atoms with Gasteiger partial charge in [0.15, 0.2) is 5.69 Å². The van der Waals surface area contributed by atoms with Crippen LogP contribution in [0.4, 0.5) is 19.0 Å². The van der Waals surface area contributed by atoms with Crippen LogP contribution in [-0.4, -0.2) is 52.1 Å². The molecule has 1 aliphatic rings. The first kappa shape index (κ1) is 19.8. The van der Waals surface area contributed by atoms with Crippen molar-refractivity contribution in [2.75, 3.05) is 31.1 Å². The summed E-state index contributed by atoms with van der Waals surface area (Å²) in [5, 5.41) is 15.2. The quantitative estimate of drug-likeness (QED) is 0.672. The molecule has 0 bridgehead atoms. The van der Waals surface area contributed by atoms with Gasteiger partial charge in [0.2, 0.25) is 0 Å². The fourth-order valence-electron chi connectivity index (χ4n) is 3.46. The molecular weight excluding hydrogens is 399 g/mol. The van der Waals surface area contributed by atoms with E-state index in [-0.39, 0.29) is 16.8 Å². The molecule has 8 nitrogen and oxygen atoms in total. The fraction of sp³-hybridized carbons (Fsp3) is 0.263.